The third kappa shape index (κ3) is 3.17. The second kappa shape index (κ2) is 6.69. The largest absolute Gasteiger partial charge is 0.329 e. The van der Waals surface area contributed by atoms with E-state index in [1.807, 2.05) is 37.7 Å². The van der Waals surface area contributed by atoms with E-state index in [0.29, 0.717) is 5.75 Å². The average Bonchev–Trinajstić information content (AvgIpc) is 3.09. The number of hydrogen-bond donors (Lipinski definition) is 0. The first-order valence-electron chi connectivity index (χ1n) is 7.86. The fraction of sp³-hybridized carbons (Fsp3) is 0.263. The molecule has 0 aliphatic rings. The van der Waals surface area contributed by atoms with Crippen molar-refractivity contribution in [2.24, 2.45) is 7.05 Å². The highest BCUT2D eigenvalue weighted by atomic mass is 32.2. The molecule has 1 aromatic carbocycles. The predicted octanol–water partition coefficient (Wildman–Crippen LogP) is 4.11. The fourth-order valence-corrected chi connectivity index (χ4v) is 3.65. The van der Waals surface area contributed by atoms with Crippen molar-refractivity contribution in [2.75, 3.05) is 5.75 Å². The number of Topliss-reactive ketones (excluding diaryl/α,β-unsaturated/α-hetero) is 1. The van der Waals surface area contributed by atoms with Gasteiger partial charge >= 0.3 is 0 Å². The van der Waals surface area contributed by atoms with Crippen molar-refractivity contribution >= 4 is 17.5 Å². The van der Waals surface area contributed by atoms with Gasteiger partial charge in [-0.3, -0.25) is 4.79 Å². The SMILES string of the molecule is Cc1ccc(-n2c(C)cc(C(=O)CSc3nccn3C)c2C)cc1. The van der Waals surface area contributed by atoms with Crippen LogP contribution in [0.25, 0.3) is 5.69 Å². The molecule has 24 heavy (non-hydrogen) atoms. The summed E-state index contributed by atoms with van der Waals surface area (Å²) in [6, 6.07) is 10.3. The van der Waals surface area contributed by atoms with Crippen LogP contribution in [0.5, 0.6) is 0 Å². The van der Waals surface area contributed by atoms with Gasteiger partial charge in [0.1, 0.15) is 0 Å². The first kappa shape index (κ1) is 16.6. The molecule has 0 N–H and O–H groups in total. The lowest BCUT2D eigenvalue weighted by Crippen LogP contribution is -2.06. The molecule has 4 nitrogen and oxygen atoms in total. The molecule has 3 rings (SSSR count). The standard InChI is InChI=1S/C19H21N3OS/c1-13-5-7-16(8-6-13)22-14(2)11-17(15(22)3)18(23)12-24-19-20-9-10-21(19)4/h5-11H,12H2,1-4H3. The molecule has 0 atom stereocenters. The Morgan fingerprint density at radius 1 is 1.17 bits per heavy atom. The molecule has 0 aliphatic heterocycles. The number of benzene rings is 1. The van der Waals surface area contributed by atoms with Gasteiger partial charge in [0.25, 0.3) is 0 Å². The Labute approximate surface area is 146 Å². The van der Waals surface area contributed by atoms with E-state index in [1.54, 1.807) is 6.20 Å². The summed E-state index contributed by atoms with van der Waals surface area (Å²) in [6.07, 6.45) is 3.63. The number of hydrogen-bond acceptors (Lipinski definition) is 3. The van der Waals surface area contributed by atoms with Crippen molar-refractivity contribution in [1.29, 1.82) is 0 Å². The van der Waals surface area contributed by atoms with Crippen LogP contribution in [0, 0.1) is 20.8 Å². The molecule has 0 radical (unpaired) electrons. The Morgan fingerprint density at radius 2 is 1.88 bits per heavy atom. The van der Waals surface area contributed by atoms with Gasteiger partial charge in [0, 0.05) is 42.1 Å². The van der Waals surface area contributed by atoms with Crippen LogP contribution in [0.3, 0.4) is 0 Å². The number of carbonyl (C=O) groups excluding carboxylic acids is 1. The van der Waals surface area contributed by atoms with Crippen LogP contribution in [0.15, 0.2) is 47.9 Å². The molecule has 0 bridgehead atoms. The molecular weight excluding hydrogens is 318 g/mol. The number of nitrogens with zero attached hydrogens (tertiary/aromatic N) is 3. The second-order valence-electron chi connectivity index (χ2n) is 5.99. The highest BCUT2D eigenvalue weighted by Gasteiger charge is 2.17. The summed E-state index contributed by atoms with van der Waals surface area (Å²) >= 11 is 1.47. The van der Waals surface area contributed by atoms with Crippen LogP contribution in [0.4, 0.5) is 0 Å². The molecule has 0 spiro atoms. The maximum atomic E-state index is 12.7. The molecule has 124 valence electrons. The van der Waals surface area contributed by atoms with E-state index < -0.39 is 0 Å². The zero-order valence-corrected chi connectivity index (χ0v) is 15.2. The van der Waals surface area contributed by atoms with Crippen LogP contribution in [0.2, 0.25) is 0 Å². The predicted molar refractivity (Wildman–Crippen MR) is 98.2 cm³/mol. The van der Waals surface area contributed by atoms with Crippen molar-refractivity contribution in [3.63, 3.8) is 0 Å². The van der Waals surface area contributed by atoms with Gasteiger partial charge in [-0.15, -0.1) is 0 Å². The summed E-state index contributed by atoms with van der Waals surface area (Å²) in [7, 11) is 1.93. The van der Waals surface area contributed by atoms with Crippen molar-refractivity contribution < 1.29 is 4.79 Å². The minimum Gasteiger partial charge on any atom is -0.329 e. The lowest BCUT2D eigenvalue weighted by molar-refractivity contribution is 0.102. The van der Waals surface area contributed by atoms with Gasteiger partial charge in [0.2, 0.25) is 0 Å². The summed E-state index contributed by atoms with van der Waals surface area (Å²) in [5.74, 6) is 0.526. The fourth-order valence-electron chi connectivity index (χ4n) is 2.84. The smallest absolute Gasteiger partial charge is 0.175 e. The van der Waals surface area contributed by atoms with Crippen LogP contribution in [0.1, 0.15) is 27.3 Å². The van der Waals surface area contributed by atoms with Gasteiger partial charge in [-0.25, -0.2) is 4.98 Å². The molecule has 5 heteroatoms. The van der Waals surface area contributed by atoms with Crippen LogP contribution in [-0.4, -0.2) is 25.7 Å². The maximum absolute atomic E-state index is 12.7. The van der Waals surface area contributed by atoms with Gasteiger partial charge < -0.3 is 9.13 Å². The quantitative estimate of drug-likeness (QED) is 0.519. The normalized spacial score (nSPS) is 11.0. The van der Waals surface area contributed by atoms with Gasteiger partial charge in [-0.05, 0) is 39.0 Å². The molecule has 3 aromatic rings. The first-order chi connectivity index (χ1) is 11.5. The Balaban J connectivity index is 1.84. The molecule has 0 unspecified atom stereocenters. The Hall–Kier alpha value is -2.27. The Morgan fingerprint density at radius 3 is 2.50 bits per heavy atom. The van der Waals surface area contributed by atoms with E-state index in [9.17, 15) is 4.79 Å². The zero-order valence-electron chi connectivity index (χ0n) is 14.4. The topological polar surface area (TPSA) is 39.8 Å². The molecule has 0 amide bonds. The van der Waals surface area contributed by atoms with Crippen LogP contribution in [-0.2, 0) is 7.05 Å². The summed E-state index contributed by atoms with van der Waals surface area (Å²) in [6.45, 7) is 6.12. The molecule has 0 aliphatic carbocycles. The van der Waals surface area contributed by atoms with Crippen LogP contribution >= 0.6 is 11.8 Å². The Kier molecular flexibility index (Phi) is 4.62. The van der Waals surface area contributed by atoms with Crippen LogP contribution < -0.4 is 0 Å². The number of aromatic nitrogens is 3. The number of ketones is 1. The van der Waals surface area contributed by atoms with E-state index in [0.717, 1.165) is 27.8 Å². The third-order valence-corrected chi connectivity index (χ3v) is 5.19. The lowest BCUT2D eigenvalue weighted by atomic mass is 10.2. The molecule has 2 heterocycles. The van der Waals surface area contributed by atoms with E-state index in [1.165, 1.54) is 17.3 Å². The number of aryl methyl sites for hydroxylation is 3. The minimum absolute atomic E-state index is 0.134. The molecular formula is C19H21N3OS. The summed E-state index contributed by atoms with van der Waals surface area (Å²) < 4.78 is 4.06. The number of thioether (sulfide) groups is 1. The van der Waals surface area contributed by atoms with E-state index in [-0.39, 0.29) is 5.78 Å². The van der Waals surface area contributed by atoms with Gasteiger partial charge in [0.05, 0.1) is 5.75 Å². The summed E-state index contributed by atoms with van der Waals surface area (Å²) in [5.41, 5.74) is 5.16. The van der Waals surface area contributed by atoms with Crippen molar-refractivity contribution in [1.82, 2.24) is 14.1 Å². The van der Waals surface area contributed by atoms with Gasteiger partial charge in [-0.2, -0.15) is 0 Å². The number of rotatable bonds is 5. The maximum Gasteiger partial charge on any atom is 0.175 e. The van der Waals surface area contributed by atoms with E-state index in [2.05, 4.69) is 40.7 Å². The van der Waals surface area contributed by atoms with Gasteiger partial charge in [-0.1, -0.05) is 29.5 Å². The van der Waals surface area contributed by atoms with Crippen molar-refractivity contribution in [2.45, 2.75) is 25.9 Å². The Bertz CT molecular complexity index is 875. The van der Waals surface area contributed by atoms with E-state index >= 15 is 0 Å². The highest BCUT2D eigenvalue weighted by Crippen LogP contribution is 2.24. The zero-order chi connectivity index (χ0) is 17.3. The molecule has 0 saturated carbocycles. The number of carbonyl (C=O) groups is 1. The van der Waals surface area contributed by atoms with E-state index in [4.69, 9.17) is 0 Å². The molecule has 0 saturated heterocycles. The number of imidazole rings is 1. The third-order valence-electron chi connectivity index (χ3n) is 4.13. The minimum atomic E-state index is 0.134. The summed E-state index contributed by atoms with van der Waals surface area (Å²) in [5, 5.41) is 0.857. The van der Waals surface area contributed by atoms with Crippen molar-refractivity contribution in [3.05, 3.63) is 65.2 Å². The molecule has 2 aromatic heterocycles. The van der Waals surface area contributed by atoms with Crippen molar-refractivity contribution in [3.8, 4) is 5.69 Å². The second-order valence-corrected chi connectivity index (χ2v) is 6.93. The first-order valence-corrected chi connectivity index (χ1v) is 8.85. The molecule has 0 fully saturated rings. The average molecular weight is 339 g/mol. The lowest BCUT2D eigenvalue weighted by Gasteiger charge is -2.10. The van der Waals surface area contributed by atoms with Gasteiger partial charge in [0.15, 0.2) is 10.9 Å². The summed E-state index contributed by atoms with van der Waals surface area (Å²) in [4.78, 5) is 16.9. The monoisotopic (exact) mass is 339 g/mol. The highest BCUT2D eigenvalue weighted by molar-refractivity contribution is 7.99.